The van der Waals surface area contributed by atoms with Crippen LogP contribution in [0, 0.1) is 0 Å². The van der Waals surface area contributed by atoms with Gasteiger partial charge in [0, 0.05) is 0 Å². The molecule has 0 aliphatic carbocycles. The van der Waals surface area contributed by atoms with E-state index in [2.05, 4.69) is 0 Å². The quantitative estimate of drug-likeness (QED) is 0.468. The van der Waals surface area contributed by atoms with Gasteiger partial charge in [-0.15, -0.1) is 0 Å². The van der Waals surface area contributed by atoms with Gasteiger partial charge in [-0.2, -0.15) is 11.8 Å². The molecule has 0 aromatic carbocycles. The molecule has 0 amide bonds. The molecular weight excluding hydrogens is 128 g/mol. The molecule has 0 bridgehead atoms. The Kier molecular flexibility index (Phi) is 14.9. The van der Waals surface area contributed by atoms with Gasteiger partial charge in [0.2, 0.25) is 0 Å². The van der Waals surface area contributed by atoms with E-state index in [1.807, 2.05) is 12.5 Å². The molecule has 0 aromatic rings. The fourth-order valence-electron chi connectivity index (χ4n) is 0. The molecule has 0 fully saturated rings. The molecule has 3 heteroatoms. The highest BCUT2D eigenvalue weighted by atomic mass is 32.2. The van der Waals surface area contributed by atoms with Crippen molar-refractivity contribution >= 4 is 22.9 Å². The van der Waals surface area contributed by atoms with Crippen LogP contribution >= 0.6 is 11.8 Å². The molecule has 0 radical (unpaired) electrons. The predicted octanol–water partition coefficient (Wildman–Crippen LogP) is 0.974. The molecule has 0 unspecified atom stereocenters. The number of rotatable bonds is 0. The summed E-state index contributed by atoms with van der Waals surface area (Å²) in [5.41, 5.74) is 0. The number of hydrogen-bond donors (Lipinski definition) is 0. The molecule has 46 valence electrons. The molecule has 0 spiro atoms. The molecule has 0 saturated carbocycles. The SMILES string of the molecule is CSC.C[S+](C)[O-]. The lowest BCUT2D eigenvalue weighted by Gasteiger charge is -1.87. The summed E-state index contributed by atoms with van der Waals surface area (Å²) >= 11 is 1.14. The Morgan fingerprint density at radius 3 is 1.29 bits per heavy atom. The molecule has 0 rings (SSSR count). The Labute approximate surface area is 53.1 Å². The number of thioether (sulfide) groups is 1. The van der Waals surface area contributed by atoms with Gasteiger partial charge in [-0.05, 0) is 12.5 Å². The first-order valence-corrected chi connectivity index (χ1v) is 5.40. The van der Waals surface area contributed by atoms with Crippen LogP contribution in [0.4, 0.5) is 0 Å². The molecule has 0 aliphatic heterocycles. The van der Waals surface area contributed by atoms with Crippen molar-refractivity contribution in [2.75, 3.05) is 25.0 Å². The van der Waals surface area contributed by atoms with Gasteiger partial charge in [0.1, 0.15) is 0 Å². The minimum atomic E-state index is -0.611. The number of hydrogen-bond acceptors (Lipinski definition) is 2. The maximum absolute atomic E-state index is 9.56. The van der Waals surface area contributed by atoms with E-state index in [-0.39, 0.29) is 0 Å². The first kappa shape index (κ1) is 10.6. The Morgan fingerprint density at radius 1 is 1.29 bits per heavy atom. The lowest BCUT2D eigenvalue weighted by Crippen LogP contribution is -1.86. The second kappa shape index (κ2) is 9.83. The zero-order valence-electron chi connectivity index (χ0n) is 5.22. The van der Waals surface area contributed by atoms with E-state index in [9.17, 15) is 4.55 Å². The molecule has 0 heterocycles. The van der Waals surface area contributed by atoms with Crippen LogP contribution in [0.3, 0.4) is 0 Å². The van der Waals surface area contributed by atoms with Gasteiger partial charge in [-0.3, -0.25) is 0 Å². The van der Waals surface area contributed by atoms with Gasteiger partial charge in [-0.25, -0.2) is 0 Å². The smallest absolute Gasteiger partial charge is 0.0946 e. The van der Waals surface area contributed by atoms with Crippen LogP contribution in [0.5, 0.6) is 0 Å². The Balaban J connectivity index is 0. The van der Waals surface area contributed by atoms with E-state index in [4.69, 9.17) is 0 Å². The van der Waals surface area contributed by atoms with Crippen LogP contribution in [-0.4, -0.2) is 29.6 Å². The molecule has 0 aliphatic rings. The van der Waals surface area contributed by atoms with Gasteiger partial charge in [0.05, 0.1) is 12.5 Å². The first-order chi connectivity index (χ1) is 3.15. The summed E-state index contributed by atoms with van der Waals surface area (Å²) in [7, 11) is 0. The Bertz CT molecular complexity index is 20.9. The Morgan fingerprint density at radius 2 is 1.29 bits per heavy atom. The highest BCUT2D eigenvalue weighted by molar-refractivity contribution is 7.97. The first-order valence-electron chi connectivity index (χ1n) is 1.80. The van der Waals surface area contributed by atoms with Crippen molar-refractivity contribution in [3.8, 4) is 0 Å². The fraction of sp³-hybridized carbons (Fsp3) is 1.00. The van der Waals surface area contributed by atoms with Crippen LogP contribution in [0.25, 0.3) is 0 Å². The second-order valence-electron chi connectivity index (χ2n) is 1.15. The summed E-state index contributed by atoms with van der Waals surface area (Å²) < 4.78 is 9.56. The van der Waals surface area contributed by atoms with E-state index in [0.717, 1.165) is 0 Å². The van der Waals surface area contributed by atoms with Gasteiger partial charge >= 0.3 is 0 Å². The lowest BCUT2D eigenvalue weighted by atomic mass is 11.9. The highest BCUT2D eigenvalue weighted by Gasteiger charge is 1.66. The van der Waals surface area contributed by atoms with Gasteiger partial charge in [0.15, 0.2) is 0 Å². The van der Waals surface area contributed by atoms with Crippen molar-refractivity contribution in [1.82, 2.24) is 0 Å². The van der Waals surface area contributed by atoms with Crippen molar-refractivity contribution in [1.29, 1.82) is 0 Å². The van der Waals surface area contributed by atoms with Gasteiger partial charge < -0.3 is 4.55 Å². The average Bonchev–Trinajstić information content (AvgIpc) is 1.33. The van der Waals surface area contributed by atoms with Crippen molar-refractivity contribution in [3.05, 3.63) is 0 Å². The average molecular weight is 140 g/mol. The maximum atomic E-state index is 9.56. The third-order valence-corrected chi connectivity index (χ3v) is 0. The predicted molar refractivity (Wildman–Crippen MR) is 39.4 cm³/mol. The maximum Gasteiger partial charge on any atom is 0.0946 e. The second-order valence-corrected chi connectivity index (χ2v) is 3.45. The molecule has 0 N–H and O–H groups in total. The third kappa shape index (κ3) is 332. The molecule has 0 atom stereocenters. The van der Waals surface area contributed by atoms with Crippen molar-refractivity contribution in [2.24, 2.45) is 0 Å². The summed E-state index contributed by atoms with van der Waals surface area (Å²) in [4.78, 5) is 0. The van der Waals surface area contributed by atoms with E-state index in [1.165, 1.54) is 0 Å². The van der Waals surface area contributed by atoms with Gasteiger partial charge in [0.25, 0.3) is 0 Å². The van der Waals surface area contributed by atoms with Crippen LogP contribution < -0.4 is 0 Å². The van der Waals surface area contributed by atoms with Crippen molar-refractivity contribution in [3.63, 3.8) is 0 Å². The molecule has 0 saturated heterocycles. The zero-order valence-corrected chi connectivity index (χ0v) is 6.86. The largest absolute Gasteiger partial charge is 0.617 e. The third-order valence-electron chi connectivity index (χ3n) is 0. The molecule has 0 aromatic heterocycles. The normalized spacial score (nSPS) is 7.71. The minimum Gasteiger partial charge on any atom is -0.617 e. The van der Waals surface area contributed by atoms with E-state index < -0.39 is 11.2 Å². The topological polar surface area (TPSA) is 23.1 Å². The molecule has 7 heavy (non-hydrogen) atoms. The van der Waals surface area contributed by atoms with Crippen molar-refractivity contribution < 1.29 is 4.55 Å². The van der Waals surface area contributed by atoms with Gasteiger partial charge in [-0.1, -0.05) is 11.2 Å². The lowest BCUT2D eigenvalue weighted by molar-refractivity contribution is 0.606. The Hall–Kier alpha value is 0.660. The molecule has 1 nitrogen and oxygen atoms in total. The van der Waals surface area contributed by atoms with Crippen LogP contribution in [0.1, 0.15) is 0 Å². The summed E-state index contributed by atoms with van der Waals surface area (Å²) in [5.74, 6) is 0. The fourth-order valence-corrected chi connectivity index (χ4v) is 0. The van der Waals surface area contributed by atoms with Crippen LogP contribution in [0.15, 0.2) is 0 Å². The van der Waals surface area contributed by atoms with Crippen LogP contribution in [-0.2, 0) is 11.2 Å². The van der Waals surface area contributed by atoms with E-state index in [0.29, 0.717) is 0 Å². The summed E-state index contributed by atoms with van der Waals surface area (Å²) in [5, 5.41) is 0. The van der Waals surface area contributed by atoms with Crippen LogP contribution in [0.2, 0.25) is 0 Å². The standard InChI is InChI=1S/C2H6OS.C2H6S/c1-4(2)3;1-3-2/h1-2H3;1-2H3. The molecular formula is C4H12OS2. The zero-order chi connectivity index (χ0) is 6.28. The highest BCUT2D eigenvalue weighted by Crippen LogP contribution is 1.70. The summed E-state index contributed by atoms with van der Waals surface area (Å²) in [6.07, 6.45) is 7.36. The monoisotopic (exact) mass is 140 g/mol. The minimum absolute atomic E-state index is 0.611. The van der Waals surface area contributed by atoms with E-state index in [1.54, 1.807) is 24.3 Å². The summed E-state index contributed by atoms with van der Waals surface area (Å²) in [6.45, 7) is 0. The summed E-state index contributed by atoms with van der Waals surface area (Å²) in [6, 6.07) is 0. The van der Waals surface area contributed by atoms with E-state index >= 15 is 0 Å². The van der Waals surface area contributed by atoms with Crippen molar-refractivity contribution in [2.45, 2.75) is 0 Å².